The summed E-state index contributed by atoms with van der Waals surface area (Å²) >= 11 is 0. The molecule has 2 bridgehead atoms. The number of hydrogen-bond acceptors (Lipinski definition) is 4. The first-order valence-corrected chi connectivity index (χ1v) is 5.44. The molecule has 0 spiro atoms. The Morgan fingerprint density at radius 2 is 2.20 bits per heavy atom. The molecule has 0 aromatic heterocycles. The Bertz CT molecular complexity index is 486. The van der Waals surface area contributed by atoms with E-state index < -0.39 is 36.3 Å². The summed E-state index contributed by atoms with van der Waals surface area (Å²) in [6, 6.07) is -2.34. The summed E-state index contributed by atoms with van der Waals surface area (Å²) in [4.78, 5) is 39.2. The van der Waals surface area contributed by atoms with Crippen molar-refractivity contribution in [2.75, 3.05) is 6.54 Å². The van der Waals surface area contributed by atoms with Gasteiger partial charge in [0.25, 0.3) is 0 Å². The summed E-state index contributed by atoms with van der Waals surface area (Å²) in [5.41, 5.74) is 5.73. The number of nitrogens with zero attached hydrogens (tertiary/aromatic N) is 2. The number of primary amides is 1. The summed E-state index contributed by atoms with van der Waals surface area (Å²) in [5, 5.41) is 9.04. The van der Waals surface area contributed by atoms with Crippen molar-refractivity contribution in [1.82, 2.24) is 9.96 Å². The van der Waals surface area contributed by atoms with Crippen LogP contribution in [0.4, 0.5) is 9.18 Å². The monoisotopic (exact) mass is 281 g/mol. The second kappa shape index (κ2) is 5.83. The quantitative estimate of drug-likeness (QED) is 0.484. The van der Waals surface area contributed by atoms with Crippen molar-refractivity contribution in [3.63, 3.8) is 0 Å². The third-order valence-electron chi connectivity index (χ3n) is 2.99. The maximum absolute atomic E-state index is 13.0. The molecule has 0 unspecified atom stereocenters. The molecule has 0 radical (unpaired) electrons. The predicted octanol–water partition coefficient (Wildman–Crippen LogP) is -1.43. The molecule has 0 aliphatic carbocycles. The molecule has 2 aliphatic rings. The first-order valence-electron chi connectivity index (χ1n) is 5.44. The average molecular weight is 281 g/mol. The molecule has 2 heterocycles. The fourth-order valence-corrected chi connectivity index (χ4v) is 2.24. The number of urea groups is 1. The molecule has 0 aromatic rings. The maximum atomic E-state index is 13.0. The molecule has 1 fully saturated rings. The van der Waals surface area contributed by atoms with Crippen LogP contribution in [0.1, 0.15) is 6.92 Å². The molecule has 20 heavy (non-hydrogen) atoms. The number of amides is 3. The number of halogens is 1. The number of aliphatic carboxylic acids is 1. The Morgan fingerprint density at radius 3 is 2.70 bits per heavy atom. The molecule has 1 saturated heterocycles. The van der Waals surface area contributed by atoms with Crippen LogP contribution in [-0.2, 0) is 14.4 Å². The molecule has 2 rings (SSSR count). The van der Waals surface area contributed by atoms with Crippen LogP contribution < -0.4 is 5.73 Å². The number of fused-ring (bicyclic) bond motifs is 2. The van der Waals surface area contributed by atoms with Crippen LogP contribution in [-0.4, -0.2) is 76.8 Å². The van der Waals surface area contributed by atoms with Crippen LogP contribution in [0.25, 0.3) is 0 Å². The van der Waals surface area contributed by atoms with Crippen LogP contribution >= 0.6 is 0 Å². The summed E-state index contributed by atoms with van der Waals surface area (Å²) in [7, 11) is 0. The van der Waals surface area contributed by atoms with Gasteiger partial charge in [0.15, 0.2) is 0 Å². The Hall–Kier alpha value is -1.56. The molecule has 10 heteroatoms. The second-order valence-corrected chi connectivity index (χ2v) is 4.30. The Balaban J connectivity index is 0.00000200. The minimum atomic E-state index is -2.65. The van der Waals surface area contributed by atoms with Gasteiger partial charge in [-0.15, -0.1) is 0 Å². The van der Waals surface area contributed by atoms with Gasteiger partial charge in [0, 0.05) is 0 Å². The first kappa shape index (κ1) is 16.5. The van der Waals surface area contributed by atoms with Crippen LogP contribution in [0.3, 0.4) is 0 Å². The number of hydrogen-bond donors (Lipinski definition) is 2. The molecular formula is C10H13FLiN3O5. The van der Waals surface area contributed by atoms with Crippen molar-refractivity contribution in [3.8, 4) is 0 Å². The number of rotatable bonds is 4. The van der Waals surface area contributed by atoms with E-state index in [0.29, 0.717) is 10.6 Å². The van der Waals surface area contributed by atoms with Crippen molar-refractivity contribution < 1.29 is 28.7 Å². The van der Waals surface area contributed by atoms with E-state index in [1.54, 1.807) is 6.92 Å². The second-order valence-electron chi connectivity index (χ2n) is 4.30. The van der Waals surface area contributed by atoms with Crippen molar-refractivity contribution in [3.05, 3.63) is 11.6 Å². The number of carboxylic acid groups (broad SMARTS) is 1. The Morgan fingerprint density at radius 1 is 1.60 bits per heavy atom. The van der Waals surface area contributed by atoms with Crippen molar-refractivity contribution >= 4 is 36.8 Å². The standard InChI is InChI=1S/C10H12FN3O5.Li.H/c1-4-2-5-3-13(6(4)8(12)15)10(18)14(5)19-7(11)9(16)17;;/h2,5-7H,3H2,1H3,(H2,12,15)(H,16,17);;/t5-,6+,7-;;/m1../s1. The van der Waals surface area contributed by atoms with Crippen molar-refractivity contribution in [2.24, 2.45) is 5.73 Å². The van der Waals surface area contributed by atoms with Gasteiger partial charge in [0.1, 0.15) is 6.04 Å². The van der Waals surface area contributed by atoms with Gasteiger partial charge < -0.3 is 15.7 Å². The number of carboxylic acids is 1. The topological polar surface area (TPSA) is 113 Å². The van der Waals surface area contributed by atoms with Crippen molar-refractivity contribution in [2.45, 2.75) is 25.4 Å². The summed E-state index contributed by atoms with van der Waals surface area (Å²) in [5.74, 6) is -2.55. The number of carbonyl (C=O) groups is 3. The molecule has 0 aromatic carbocycles. The van der Waals surface area contributed by atoms with Gasteiger partial charge in [-0.3, -0.25) is 4.79 Å². The molecule has 3 amide bonds. The molecule has 8 nitrogen and oxygen atoms in total. The fourth-order valence-electron chi connectivity index (χ4n) is 2.24. The van der Waals surface area contributed by atoms with E-state index in [-0.39, 0.29) is 25.4 Å². The van der Waals surface area contributed by atoms with Gasteiger partial charge in [0.2, 0.25) is 5.91 Å². The predicted molar refractivity (Wildman–Crippen MR) is 65.2 cm³/mol. The molecular weight excluding hydrogens is 268 g/mol. The molecule has 0 saturated carbocycles. The van der Waals surface area contributed by atoms with Crippen molar-refractivity contribution in [1.29, 1.82) is 0 Å². The van der Waals surface area contributed by atoms with Crippen LogP contribution in [0.5, 0.6) is 0 Å². The third kappa shape index (κ3) is 2.65. The third-order valence-corrected chi connectivity index (χ3v) is 2.99. The number of carbonyl (C=O) groups excluding carboxylic acids is 2. The number of hydroxylamine groups is 2. The molecule has 2 aliphatic heterocycles. The van der Waals surface area contributed by atoms with Gasteiger partial charge in [-0.2, -0.15) is 5.06 Å². The molecule has 106 valence electrons. The summed E-state index contributed by atoms with van der Waals surface area (Å²) in [6.07, 6.45) is -1.11. The van der Waals surface area contributed by atoms with Gasteiger partial charge in [0.05, 0.1) is 12.6 Å². The normalized spacial score (nSPS) is 25.9. The van der Waals surface area contributed by atoms with Crippen LogP contribution in [0.15, 0.2) is 11.6 Å². The average Bonchev–Trinajstić information content (AvgIpc) is 2.54. The van der Waals surface area contributed by atoms with E-state index in [0.717, 1.165) is 4.90 Å². The Kier molecular flexibility index (Phi) is 4.80. The van der Waals surface area contributed by atoms with Gasteiger partial charge >= 0.3 is 37.2 Å². The SMILES string of the molecule is CC1=C[C@@H]2CN(C(=O)N2O[C@@H](F)C(=O)O)[C@@H]1C(N)=O.[LiH]. The van der Waals surface area contributed by atoms with E-state index >= 15 is 0 Å². The number of nitrogens with two attached hydrogens (primary N) is 1. The van der Waals surface area contributed by atoms with E-state index in [9.17, 15) is 18.8 Å². The summed E-state index contributed by atoms with van der Waals surface area (Å²) in [6.45, 7) is 1.70. The van der Waals surface area contributed by atoms with E-state index in [4.69, 9.17) is 10.8 Å². The number of alkyl halides is 1. The van der Waals surface area contributed by atoms with E-state index in [1.807, 2.05) is 0 Å². The van der Waals surface area contributed by atoms with Gasteiger partial charge in [-0.1, -0.05) is 6.08 Å². The zero-order chi connectivity index (χ0) is 14.3. The zero-order valence-corrected chi connectivity index (χ0v) is 9.95. The van der Waals surface area contributed by atoms with Gasteiger partial charge in [-0.25, -0.2) is 18.8 Å². The Labute approximate surface area is 125 Å². The van der Waals surface area contributed by atoms with Gasteiger partial charge in [-0.05, 0) is 12.5 Å². The fraction of sp³-hybridized carbons (Fsp3) is 0.500. The molecule has 3 N–H and O–H groups in total. The van der Waals surface area contributed by atoms with E-state index in [1.165, 1.54) is 6.08 Å². The first-order chi connectivity index (χ1) is 8.82. The summed E-state index contributed by atoms with van der Waals surface area (Å²) < 4.78 is 13.0. The van der Waals surface area contributed by atoms with E-state index in [2.05, 4.69) is 4.84 Å². The van der Waals surface area contributed by atoms with Crippen LogP contribution in [0.2, 0.25) is 0 Å². The zero-order valence-electron chi connectivity index (χ0n) is 9.95. The minimum absolute atomic E-state index is 0. The van der Waals surface area contributed by atoms with Crippen LogP contribution in [0, 0.1) is 0 Å². The molecule has 3 atom stereocenters.